The van der Waals surface area contributed by atoms with Crippen molar-refractivity contribution < 1.29 is 24.9 Å². The number of phenolic OH excluding ortho intramolecular Hbond substituents is 1. The van der Waals surface area contributed by atoms with Crippen molar-refractivity contribution in [3.05, 3.63) is 71.1 Å². The van der Waals surface area contributed by atoms with Gasteiger partial charge in [-0.05, 0) is 61.1 Å². The minimum Gasteiger partial charge on any atom is -0.507 e. The number of carbonyl (C=O) groups excluding carboxylic acids is 2. The van der Waals surface area contributed by atoms with E-state index in [4.69, 9.17) is 0 Å². The van der Waals surface area contributed by atoms with Crippen molar-refractivity contribution in [2.24, 2.45) is 17.8 Å². The average molecular weight is 477 g/mol. The van der Waals surface area contributed by atoms with Crippen molar-refractivity contribution in [1.29, 1.82) is 0 Å². The topological polar surface area (TPSA) is 111 Å². The van der Waals surface area contributed by atoms with E-state index < -0.39 is 23.9 Å². The zero-order chi connectivity index (χ0) is 25.1. The molecule has 2 amide bonds. The molecule has 0 unspecified atom stereocenters. The molecule has 4 atom stereocenters. The molecule has 0 bridgehead atoms. The highest BCUT2D eigenvalue weighted by Crippen LogP contribution is 2.46. The monoisotopic (exact) mass is 476 g/mol. The lowest BCUT2D eigenvalue weighted by Crippen LogP contribution is -2.38. The van der Waals surface area contributed by atoms with Crippen LogP contribution in [-0.4, -0.2) is 56.8 Å². The molecule has 1 fully saturated rings. The van der Waals surface area contributed by atoms with Crippen LogP contribution in [0.4, 0.5) is 0 Å². The van der Waals surface area contributed by atoms with Crippen LogP contribution in [0.1, 0.15) is 43.9 Å². The zero-order valence-corrected chi connectivity index (χ0v) is 20.1. The largest absolute Gasteiger partial charge is 0.507 e. The van der Waals surface area contributed by atoms with Gasteiger partial charge in [0.25, 0.3) is 0 Å². The lowest BCUT2D eigenvalue weighted by molar-refractivity contribution is -0.138. The summed E-state index contributed by atoms with van der Waals surface area (Å²) in [6.45, 7) is 1.67. The molecule has 0 radical (unpaired) electrons. The second-order valence-electron chi connectivity index (χ2n) is 9.27. The number of likely N-dealkylation sites (tertiary alicyclic amines) is 1. The van der Waals surface area contributed by atoms with Gasteiger partial charge in [0.15, 0.2) is 0 Å². The molecule has 4 rings (SSSR count). The van der Waals surface area contributed by atoms with Gasteiger partial charge >= 0.3 is 0 Å². The molecule has 35 heavy (non-hydrogen) atoms. The van der Waals surface area contributed by atoms with Crippen LogP contribution >= 0.6 is 0 Å². The molecule has 0 saturated carbocycles. The maximum absolute atomic E-state index is 12.8. The zero-order valence-electron chi connectivity index (χ0n) is 20.1. The Labute approximate surface area is 205 Å². The Bertz CT molecular complexity index is 1160. The van der Waals surface area contributed by atoms with Crippen LogP contribution in [0.15, 0.2) is 59.8 Å². The first kappa shape index (κ1) is 24.8. The molecule has 0 spiro atoms. The number of allylic oxidation sites excluding steroid dienone is 2. The van der Waals surface area contributed by atoms with E-state index in [1.165, 1.54) is 7.05 Å². The van der Waals surface area contributed by atoms with Crippen LogP contribution in [0.3, 0.4) is 0 Å². The highest BCUT2D eigenvalue weighted by Gasteiger charge is 2.53. The van der Waals surface area contributed by atoms with Crippen LogP contribution in [0.5, 0.6) is 5.75 Å². The Morgan fingerprint density at radius 3 is 2.57 bits per heavy atom. The van der Waals surface area contributed by atoms with E-state index >= 15 is 0 Å². The van der Waals surface area contributed by atoms with E-state index in [0.717, 1.165) is 21.7 Å². The summed E-state index contributed by atoms with van der Waals surface area (Å²) in [5.41, 5.74) is 3.89. The fraction of sp³-hybridized carbons (Fsp3) is 0.393. The van der Waals surface area contributed by atoms with Crippen LogP contribution < -0.4 is 0 Å². The SMILES string of the molecule is CCC1=C([C@H](O)CC/C(=C/c2ccccc2O)c2ccccn2)[C@H](CO)[C@@H]2C(=O)N(C)C(=O)[C@@H]2C1. The first-order valence-corrected chi connectivity index (χ1v) is 12.1. The Hall–Kier alpha value is -3.29. The molecule has 1 aliphatic carbocycles. The lowest BCUT2D eigenvalue weighted by Gasteiger charge is -2.36. The number of aliphatic hydroxyl groups excluding tert-OH is 2. The van der Waals surface area contributed by atoms with Crippen molar-refractivity contribution >= 4 is 23.5 Å². The standard InChI is InChI=1S/C28H32N2O5/c1-3-17-15-20-26(28(35)30(2)27(20)34)21(16-31)25(17)24(33)12-11-18(22-9-6-7-13-29-22)14-19-8-4-5-10-23(19)32/h4-10,13-14,20-21,24,26,31-33H,3,11-12,15-16H2,1-2H3/b18-14-/t20-,21+,24-,26-/m1/s1. The number of benzene rings is 1. The molecule has 1 saturated heterocycles. The van der Waals surface area contributed by atoms with Crippen molar-refractivity contribution in [2.45, 2.75) is 38.7 Å². The number of amides is 2. The second kappa shape index (κ2) is 10.5. The smallest absolute Gasteiger partial charge is 0.233 e. The molecule has 3 N–H and O–H groups in total. The third-order valence-electron chi connectivity index (χ3n) is 7.33. The van der Waals surface area contributed by atoms with Gasteiger partial charge in [0.2, 0.25) is 11.8 Å². The minimum atomic E-state index is -0.881. The van der Waals surface area contributed by atoms with Gasteiger partial charge in [-0.1, -0.05) is 36.8 Å². The number of aliphatic hydroxyl groups is 2. The van der Waals surface area contributed by atoms with Gasteiger partial charge in [-0.25, -0.2) is 0 Å². The number of carbonyl (C=O) groups is 2. The number of aromatic nitrogens is 1. The molecule has 1 aromatic heterocycles. The Balaban J connectivity index is 1.63. The maximum atomic E-state index is 12.8. The summed E-state index contributed by atoms with van der Waals surface area (Å²) in [5.74, 6) is -2.02. The number of aromatic hydroxyl groups is 1. The van der Waals surface area contributed by atoms with E-state index in [1.807, 2.05) is 43.3 Å². The fourth-order valence-electron chi connectivity index (χ4n) is 5.53. The molecule has 184 valence electrons. The number of pyridine rings is 1. The molecular formula is C28H32N2O5. The van der Waals surface area contributed by atoms with E-state index in [0.29, 0.717) is 36.8 Å². The van der Waals surface area contributed by atoms with Gasteiger partial charge in [-0.2, -0.15) is 0 Å². The van der Waals surface area contributed by atoms with Crippen LogP contribution in [0.2, 0.25) is 0 Å². The molecule has 7 heteroatoms. The van der Waals surface area contributed by atoms with Gasteiger partial charge in [-0.15, -0.1) is 0 Å². The molecule has 1 aromatic carbocycles. The van der Waals surface area contributed by atoms with Crippen LogP contribution in [-0.2, 0) is 9.59 Å². The Morgan fingerprint density at radius 2 is 1.91 bits per heavy atom. The van der Waals surface area contributed by atoms with Crippen molar-refractivity contribution in [3.8, 4) is 5.75 Å². The third-order valence-corrected chi connectivity index (χ3v) is 7.33. The van der Waals surface area contributed by atoms with Crippen LogP contribution in [0, 0.1) is 17.8 Å². The molecule has 2 aromatic rings. The number of para-hydroxylation sites is 1. The predicted octanol–water partition coefficient (Wildman–Crippen LogP) is 3.42. The second-order valence-corrected chi connectivity index (χ2v) is 9.27. The van der Waals surface area contributed by atoms with E-state index in [9.17, 15) is 24.9 Å². The number of fused-ring (bicyclic) bond motifs is 1. The molecule has 2 aliphatic rings. The normalized spacial score (nSPS) is 23.6. The summed E-state index contributed by atoms with van der Waals surface area (Å²) in [5, 5.41) is 31.9. The first-order chi connectivity index (χ1) is 16.9. The van der Waals surface area contributed by atoms with Gasteiger partial charge in [0.1, 0.15) is 5.75 Å². The highest BCUT2D eigenvalue weighted by molar-refractivity contribution is 6.05. The summed E-state index contributed by atoms with van der Waals surface area (Å²) < 4.78 is 0. The average Bonchev–Trinajstić information content (AvgIpc) is 3.10. The maximum Gasteiger partial charge on any atom is 0.233 e. The summed E-state index contributed by atoms with van der Waals surface area (Å²) >= 11 is 0. The van der Waals surface area contributed by atoms with Gasteiger partial charge in [0.05, 0.1) is 30.2 Å². The van der Waals surface area contributed by atoms with Crippen molar-refractivity contribution in [1.82, 2.24) is 9.88 Å². The molecule has 1 aliphatic heterocycles. The summed E-state index contributed by atoms with van der Waals surface area (Å²) in [6, 6.07) is 12.6. The summed E-state index contributed by atoms with van der Waals surface area (Å²) in [4.78, 5) is 31.1. The number of rotatable bonds is 8. The van der Waals surface area contributed by atoms with Crippen molar-refractivity contribution in [3.63, 3.8) is 0 Å². The van der Waals surface area contributed by atoms with Gasteiger partial charge in [-0.3, -0.25) is 19.5 Å². The fourth-order valence-corrected chi connectivity index (χ4v) is 5.53. The van der Waals surface area contributed by atoms with E-state index in [2.05, 4.69) is 4.98 Å². The third kappa shape index (κ3) is 4.79. The number of imide groups is 1. The Kier molecular flexibility index (Phi) is 7.48. The summed E-state index contributed by atoms with van der Waals surface area (Å²) in [6.07, 6.45) is 4.57. The van der Waals surface area contributed by atoms with Crippen molar-refractivity contribution in [2.75, 3.05) is 13.7 Å². The van der Waals surface area contributed by atoms with E-state index in [-0.39, 0.29) is 24.2 Å². The quantitative estimate of drug-likeness (QED) is 0.398. The van der Waals surface area contributed by atoms with Gasteiger partial charge in [0, 0.05) is 24.7 Å². The van der Waals surface area contributed by atoms with E-state index in [1.54, 1.807) is 18.3 Å². The molecular weight excluding hydrogens is 444 g/mol. The number of phenols is 1. The molecule has 7 nitrogen and oxygen atoms in total. The Morgan fingerprint density at radius 1 is 1.17 bits per heavy atom. The number of nitrogens with zero attached hydrogens (tertiary/aromatic N) is 2. The summed E-state index contributed by atoms with van der Waals surface area (Å²) in [7, 11) is 1.49. The number of hydrogen-bond donors (Lipinski definition) is 3. The lowest BCUT2D eigenvalue weighted by atomic mass is 9.67. The van der Waals surface area contributed by atoms with Crippen LogP contribution in [0.25, 0.3) is 11.6 Å². The first-order valence-electron chi connectivity index (χ1n) is 12.1. The highest BCUT2D eigenvalue weighted by atomic mass is 16.3. The number of hydrogen-bond acceptors (Lipinski definition) is 6. The predicted molar refractivity (Wildman–Crippen MR) is 133 cm³/mol. The van der Waals surface area contributed by atoms with Gasteiger partial charge < -0.3 is 15.3 Å². The molecule has 2 heterocycles. The minimum absolute atomic E-state index is 0.157.